The molecule has 8 heteroatoms. The van der Waals surface area contributed by atoms with Crippen LogP contribution in [0.5, 0.6) is 5.75 Å². The van der Waals surface area contributed by atoms with Gasteiger partial charge < -0.3 is 10.1 Å². The topological polar surface area (TPSA) is 63.2 Å². The minimum atomic E-state index is -0.407. The number of anilines is 1. The fourth-order valence-electron chi connectivity index (χ4n) is 2.47. The predicted molar refractivity (Wildman–Crippen MR) is 111 cm³/mol. The van der Waals surface area contributed by atoms with Crippen LogP contribution in [0.15, 0.2) is 30.3 Å². The van der Waals surface area contributed by atoms with Crippen molar-refractivity contribution in [2.75, 3.05) is 12.4 Å². The van der Waals surface area contributed by atoms with E-state index in [9.17, 15) is 4.79 Å². The minimum Gasteiger partial charge on any atom is -0.496 e. The van der Waals surface area contributed by atoms with Crippen molar-refractivity contribution in [1.82, 2.24) is 10.3 Å². The third-order valence-corrected chi connectivity index (χ3v) is 5.34. The average Bonchev–Trinajstić information content (AvgIpc) is 3.03. The van der Waals surface area contributed by atoms with E-state index in [1.54, 1.807) is 12.1 Å². The number of fused-ring (bicyclic) bond motifs is 1. The first-order valence-corrected chi connectivity index (χ1v) is 9.32. The van der Waals surface area contributed by atoms with Crippen molar-refractivity contribution >= 4 is 61.5 Å². The van der Waals surface area contributed by atoms with Gasteiger partial charge in [0.05, 0.1) is 22.9 Å². The van der Waals surface area contributed by atoms with E-state index in [-0.39, 0.29) is 5.11 Å². The van der Waals surface area contributed by atoms with Crippen molar-refractivity contribution in [2.24, 2.45) is 0 Å². The average molecular weight is 406 g/mol. The summed E-state index contributed by atoms with van der Waals surface area (Å²) in [6.45, 7) is 4.05. The minimum absolute atomic E-state index is 0.159. The van der Waals surface area contributed by atoms with E-state index in [2.05, 4.69) is 21.7 Å². The molecule has 0 unspecified atom stereocenters. The van der Waals surface area contributed by atoms with Gasteiger partial charge in [0.15, 0.2) is 10.2 Å². The van der Waals surface area contributed by atoms with Crippen LogP contribution in [0.4, 0.5) is 5.13 Å². The van der Waals surface area contributed by atoms with Crippen LogP contribution in [0, 0.1) is 13.8 Å². The molecule has 0 radical (unpaired) electrons. The Morgan fingerprint density at radius 1 is 1.23 bits per heavy atom. The number of thiazole rings is 1. The summed E-state index contributed by atoms with van der Waals surface area (Å²) in [4.78, 5) is 17.0. The maximum absolute atomic E-state index is 12.5. The van der Waals surface area contributed by atoms with Crippen molar-refractivity contribution < 1.29 is 9.53 Å². The molecule has 1 aromatic heterocycles. The van der Waals surface area contributed by atoms with E-state index in [1.807, 2.05) is 19.9 Å². The first-order valence-electron chi connectivity index (χ1n) is 7.71. The van der Waals surface area contributed by atoms with Crippen molar-refractivity contribution in [3.8, 4) is 5.75 Å². The number of amides is 1. The van der Waals surface area contributed by atoms with Gasteiger partial charge in [-0.1, -0.05) is 35.1 Å². The maximum Gasteiger partial charge on any atom is 0.261 e. The molecule has 3 rings (SSSR count). The molecule has 5 nitrogen and oxygen atoms in total. The Labute approximate surface area is 165 Å². The van der Waals surface area contributed by atoms with Gasteiger partial charge in [-0.15, -0.1) is 0 Å². The number of benzene rings is 2. The summed E-state index contributed by atoms with van der Waals surface area (Å²) in [6, 6.07) is 8.91. The zero-order valence-electron chi connectivity index (χ0n) is 14.3. The molecule has 1 heterocycles. The molecule has 0 saturated heterocycles. The van der Waals surface area contributed by atoms with Crippen LogP contribution in [-0.4, -0.2) is 23.1 Å². The fraction of sp³-hybridized carbons (Fsp3) is 0.167. The van der Waals surface area contributed by atoms with Gasteiger partial charge in [0.25, 0.3) is 5.91 Å². The number of aryl methyl sites for hydroxylation is 2. The summed E-state index contributed by atoms with van der Waals surface area (Å²) in [5, 5.41) is 6.82. The number of carbonyl (C=O) groups is 1. The fourth-order valence-corrected chi connectivity index (χ4v) is 3.91. The molecule has 0 atom stereocenters. The van der Waals surface area contributed by atoms with E-state index < -0.39 is 5.91 Å². The van der Waals surface area contributed by atoms with Crippen molar-refractivity contribution in [3.05, 3.63) is 52.0 Å². The summed E-state index contributed by atoms with van der Waals surface area (Å²) >= 11 is 12.7. The first kappa shape index (κ1) is 18.6. The highest BCUT2D eigenvalue weighted by molar-refractivity contribution is 7.80. The largest absolute Gasteiger partial charge is 0.496 e. The van der Waals surface area contributed by atoms with E-state index in [4.69, 9.17) is 28.6 Å². The Morgan fingerprint density at radius 3 is 2.65 bits per heavy atom. The van der Waals surface area contributed by atoms with Gasteiger partial charge in [0, 0.05) is 5.02 Å². The number of hydrogen-bond donors (Lipinski definition) is 2. The summed E-state index contributed by atoms with van der Waals surface area (Å²) in [7, 11) is 1.49. The zero-order valence-corrected chi connectivity index (χ0v) is 16.7. The molecule has 0 fully saturated rings. The molecule has 0 aliphatic rings. The molecule has 1 amide bonds. The molecule has 0 aliphatic carbocycles. The van der Waals surface area contributed by atoms with E-state index in [0.717, 1.165) is 21.3 Å². The number of nitrogens with one attached hydrogen (secondary N) is 2. The highest BCUT2D eigenvalue weighted by Gasteiger charge is 2.15. The lowest BCUT2D eigenvalue weighted by atomic mass is 10.1. The van der Waals surface area contributed by atoms with E-state index in [1.165, 1.54) is 24.5 Å². The highest BCUT2D eigenvalue weighted by Crippen LogP contribution is 2.30. The number of thiocarbonyl (C=S) groups is 1. The SMILES string of the molecule is COc1ccc(Cl)cc1C(=O)NC(=S)Nc1nc2c(C)ccc(C)c2s1. The molecular weight excluding hydrogens is 390 g/mol. The second kappa shape index (κ2) is 7.57. The lowest BCUT2D eigenvalue weighted by Crippen LogP contribution is -2.34. The van der Waals surface area contributed by atoms with Crippen LogP contribution in [0.2, 0.25) is 5.02 Å². The summed E-state index contributed by atoms with van der Waals surface area (Å²) in [5.74, 6) is 0.0104. The number of halogens is 1. The van der Waals surface area contributed by atoms with Gasteiger partial charge >= 0.3 is 0 Å². The number of carbonyl (C=O) groups excluding carboxylic acids is 1. The van der Waals surface area contributed by atoms with Gasteiger partial charge in [-0.3, -0.25) is 10.1 Å². The van der Waals surface area contributed by atoms with Crippen LogP contribution in [0.3, 0.4) is 0 Å². The van der Waals surface area contributed by atoms with Gasteiger partial charge in [-0.25, -0.2) is 4.98 Å². The molecule has 0 saturated carbocycles. The maximum atomic E-state index is 12.5. The third-order valence-electron chi connectivity index (χ3n) is 3.80. The number of methoxy groups -OCH3 is 1. The Kier molecular flexibility index (Phi) is 5.41. The molecular formula is C18H16ClN3O2S2. The molecule has 3 aromatic rings. The summed E-state index contributed by atoms with van der Waals surface area (Å²) in [6.07, 6.45) is 0. The lowest BCUT2D eigenvalue weighted by molar-refractivity contribution is 0.0975. The van der Waals surface area contributed by atoms with Crippen LogP contribution < -0.4 is 15.4 Å². The zero-order chi connectivity index (χ0) is 18.8. The molecule has 2 N–H and O–H groups in total. The number of rotatable bonds is 3. The highest BCUT2D eigenvalue weighted by atomic mass is 35.5. The van der Waals surface area contributed by atoms with E-state index in [0.29, 0.717) is 21.5 Å². The molecule has 26 heavy (non-hydrogen) atoms. The smallest absolute Gasteiger partial charge is 0.261 e. The summed E-state index contributed by atoms with van der Waals surface area (Å²) in [5.41, 5.74) is 3.48. The quantitative estimate of drug-likeness (QED) is 0.618. The lowest BCUT2D eigenvalue weighted by Gasteiger charge is -2.10. The first-order chi connectivity index (χ1) is 12.4. The molecule has 2 aromatic carbocycles. The monoisotopic (exact) mass is 405 g/mol. The second-order valence-corrected chi connectivity index (χ2v) is 7.49. The Hall–Kier alpha value is -2.22. The Morgan fingerprint density at radius 2 is 1.96 bits per heavy atom. The number of hydrogen-bond acceptors (Lipinski definition) is 5. The van der Waals surface area contributed by atoms with Gasteiger partial charge in [-0.2, -0.15) is 0 Å². The van der Waals surface area contributed by atoms with Crippen LogP contribution >= 0.6 is 35.2 Å². The van der Waals surface area contributed by atoms with Gasteiger partial charge in [-0.05, 0) is 55.4 Å². The molecule has 134 valence electrons. The van der Waals surface area contributed by atoms with Crippen LogP contribution in [-0.2, 0) is 0 Å². The van der Waals surface area contributed by atoms with Gasteiger partial charge in [0.2, 0.25) is 0 Å². The van der Waals surface area contributed by atoms with Gasteiger partial charge in [0.1, 0.15) is 5.75 Å². The second-order valence-electron chi connectivity index (χ2n) is 5.65. The Bertz CT molecular complexity index is 978. The number of ether oxygens (including phenoxy) is 1. The van der Waals surface area contributed by atoms with E-state index >= 15 is 0 Å². The number of nitrogens with zero attached hydrogens (tertiary/aromatic N) is 1. The molecule has 0 spiro atoms. The van der Waals surface area contributed by atoms with Crippen LogP contribution in [0.25, 0.3) is 10.2 Å². The van der Waals surface area contributed by atoms with Crippen LogP contribution in [0.1, 0.15) is 21.5 Å². The molecule has 0 bridgehead atoms. The number of aromatic nitrogens is 1. The van der Waals surface area contributed by atoms with Crippen molar-refractivity contribution in [2.45, 2.75) is 13.8 Å². The standard InChI is InChI=1S/C18H16ClN3O2S2/c1-9-4-5-10(2)15-14(9)20-18(26-15)22-17(25)21-16(23)12-8-11(19)6-7-13(12)24-3/h4-8H,1-3H3,(H2,20,21,22,23,25). The van der Waals surface area contributed by atoms with Crippen molar-refractivity contribution in [1.29, 1.82) is 0 Å². The molecule has 0 aliphatic heterocycles. The Balaban J connectivity index is 1.77. The summed E-state index contributed by atoms with van der Waals surface area (Å²) < 4.78 is 6.29. The third kappa shape index (κ3) is 3.80. The normalized spacial score (nSPS) is 10.6. The predicted octanol–water partition coefficient (Wildman–Crippen LogP) is 4.70. The van der Waals surface area contributed by atoms with Crippen molar-refractivity contribution in [3.63, 3.8) is 0 Å².